The minimum atomic E-state index is -3.56. The van der Waals surface area contributed by atoms with E-state index in [2.05, 4.69) is 10.6 Å². The third-order valence-electron chi connectivity index (χ3n) is 4.44. The number of hydrogen-bond acceptors (Lipinski definition) is 6. The van der Waals surface area contributed by atoms with Crippen molar-refractivity contribution in [2.75, 3.05) is 31.6 Å². The summed E-state index contributed by atoms with van der Waals surface area (Å²) in [5.74, 6) is 0.319. The molecule has 1 aliphatic rings. The third kappa shape index (κ3) is 6.23. The van der Waals surface area contributed by atoms with Gasteiger partial charge in [0.1, 0.15) is 5.75 Å². The Morgan fingerprint density at radius 2 is 1.68 bits per heavy atom. The number of amides is 1. The number of nitrogens with zero attached hydrogens (tertiary/aromatic N) is 1. The Kier molecular flexibility index (Phi) is 7.60. The summed E-state index contributed by atoms with van der Waals surface area (Å²) in [7, 11) is -3.56. The first-order valence-corrected chi connectivity index (χ1v) is 11.7. The van der Waals surface area contributed by atoms with Crippen LogP contribution in [-0.2, 0) is 14.8 Å². The van der Waals surface area contributed by atoms with E-state index in [4.69, 9.17) is 21.7 Å². The molecule has 1 fully saturated rings. The van der Waals surface area contributed by atoms with E-state index in [9.17, 15) is 13.2 Å². The van der Waals surface area contributed by atoms with Crippen LogP contribution < -0.4 is 15.4 Å². The number of carbonyl (C=O) groups is 1. The molecular formula is C21H25N3O5S2. The van der Waals surface area contributed by atoms with Crippen LogP contribution in [0.1, 0.15) is 24.2 Å². The van der Waals surface area contributed by atoms with Gasteiger partial charge in [0.05, 0.1) is 24.2 Å². The topological polar surface area (TPSA) is 97.0 Å². The van der Waals surface area contributed by atoms with Gasteiger partial charge < -0.3 is 14.8 Å². The molecule has 3 rings (SSSR count). The molecule has 0 atom stereocenters. The standard InChI is InChI=1S/C21H25N3O5S2/c1-15(2)29-18-7-3-16(4-8-18)20(25)23-21(30)22-17-5-9-19(10-6-17)31(26,27)24-11-13-28-14-12-24/h3-10,15H,11-14H2,1-2H3,(H2,22,23,25,30). The van der Waals surface area contributed by atoms with Crippen LogP contribution in [0.4, 0.5) is 5.69 Å². The fraction of sp³-hybridized carbons (Fsp3) is 0.333. The van der Waals surface area contributed by atoms with Crippen molar-refractivity contribution in [2.24, 2.45) is 0 Å². The monoisotopic (exact) mass is 463 g/mol. The summed E-state index contributed by atoms with van der Waals surface area (Å²) >= 11 is 5.20. The predicted octanol–water partition coefficient (Wildman–Crippen LogP) is 2.62. The highest BCUT2D eigenvalue weighted by atomic mass is 32.2. The van der Waals surface area contributed by atoms with Gasteiger partial charge >= 0.3 is 0 Å². The number of anilines is 1. The minimum absolute atomic E-state index is 0.0479. The van der Waals surface area contributed by atoms with Crippen molar-refractivity contribution in [3.8, 4) is 5.75 Å². The molecule has 166 valence electrons. The predicted molar refractivity (Wildman–Crippen MR) is 122 cm³/mol. The summed E-state index contributed by atoms with van der Waals surface area (Å²) in [6, 6.07) is 13.0. The third-order valence-corrected chi connectivity index (χ3v) is 6.55. The Morgan fingerprint density at radius 3 is 2.26 bits per heavy atom. The van der Waals surface area contributed by atoms with Crippen molar-refractivity contribution in [1.82, 2.24) is 9.62 Å². The highest BCUT2D eigenvalue weighted by Crippen LogP contribution is 2.19. The summed E-state index contributed by atoms with van der Waals surface area (Å²) in [5, 5.41) is 5.59. The van der Waals surface area contributed by atoms with Crippen LogP contribution in [0, 0.1) is 0 Å². The lowest BCUT2D eigenvalue weighted by molar-refractivity contribution is 0.0730. The van der Waals surface area contributed by atoms with Gasteiger partial charge in [-0.15, -0.1) is 0 Å². The number of nitrogens with one attached hydrogen (secondary N) is 2. The Bertz CT molecular complexity index is 1020. The summed E-state index contributed by atoms with van der Waals surface area (Å²) in [5.41, 5.74) is 0.999. The van der Waals surface area contributed by atoms with Crippen molar-refractivity contribution < 1.29 is 22.7 Å². The van der Waals surface area contributed by atoms with Crippen molar-refractivity contribution >= 4 is 38.9 Å². The highest BCUT2D eigenvalue weighted by molar-refractivity contribution is 7.89. The van der Waals surface area contributed by atoms with Crippen LogP contribution in [0.25, 0.3) is 0 Å². The van der Waals surface area contributed by atoms with Crippen LogP contribution in [-0.4, -0.2) is 56.1 Å². The zero-order valence-electron chi connectivity index (χ0n) is 17.3. The van der Waals surface area contributed by atoms with Crippen LogP contribution in [0.2, 0.25) is 0 Å². The van der Waals surface area contributed by atoms with Gasteiger partial charge in [0, 0.05) is 24.3 Å². The molecule has 0 saturated carbocycles. The van der Waals surface area contributed by atoms with E-state index in [1.807, 2.05) is 13.8 Å². The average molecular weight is 464 g/mol. The maximum atomic E-state index is 12.7. The Balaban J connectivity index is 1.57. The van der Waals surface area contributed by atoms with Crippen LogP contribution in [0.15, 0.2) is 53.4 Å². The van der Waals surface area contributed by atoms with E-state index in [0.29, 0.717) is 43.3 Å². The lowest BCUT2D eigenvalue weighted by atomic mass is 10.2. The van der Waals surface area contributed by atoms with E-state index in [-0.39, 0.29) is 22.0 Å². The molecule has 1 saturated heterocycles. The molecule has 2 aromatic rings. The average Bonchev–Trinajstić information content (AvgIpc) is 2.74. The van der Waals surface area contributed by atoms with Crippen LogP contribution in [0.3, 0.4) is 0 Å². The molecule has 0 bridgehead atoms. The second-order valence-corrected chi connectivity index (χ2v) is 9.49. The number of morpholine rings is 1. The van der Waals surface area contributed by atoms with Gasteiger partial charge in [-0.3, -0.25) is 10.1 Å². The molecule has 1 heterocycles. The molecule has 10 heteroatoms. The van der Waals surface area contributed by atoms with E-state index in [1.165, 1.54) is 16.4 Å². The van der Waals surface area contributed by atoms with Crippen LogP contribution >= 0.6 is 12.2 Å². The van der Waals surface area contributed by atoms with E-state index in [0.717, 1.165) is 0 Å². The SMILES string of the molecule is CC(C)Oc1ccc(C(=O)NC(=S)Nc2ccc(S(=O)(=O)N3CCOCC3)cc2)cc1. The summed E-state index contributed by atoms with van der Waals surface area (Å²) in [4.78, 5) is 12.6. The zero-order valence-corrected chi connectivity index (χ0v) is 19.0. The van der Waals surface area contributed by atoms with Crippen molar-refractivity contribution in [1.29, 1.82) is 0 Å². The largest absolute Gasteiger partial charge is 0.491 e. The summed E-state index contributed by atoms with van der Waals surface area (Å²) < 4.78 is 37.5. The Morgan fingerprint density at radius 1 is 1.06 bits per heavy atom. The molecule has 0 aromatic heterocycles. The zero-order chi connectivity index (χ0) is 22.4. The molecule has 0 aliphatic carbocycles. The van der Waals surface area contributed by atoms with E-state index >= 15 is 0 Å². The van der Waals surface area contributed by atoms with Gasteiger partial charge in [-0.1, -0.05) is 0 Å². The molecule has 2 N–H and O–H groups in total. The minimum Gasteiger partial charge on any atom is -0.491 e. The van der Waals surface area contributed by atoms with Crippen molar-refractivity contribution in [3.05, 3.63) is 54.1 Å². The lowest BCUT2D eigenvalue weighted by Crippen LogP contribution is -2.40. The molecule has 0 radical (unpaired) electrons. The summed E-state index contributed by atoms with van der Waals surface area (Å²) in [6.45, 7) is 5.30. The fourth-order valence-corrected chi connectivity index (χ4v) is 4.56. The molecule has 0 spiro atoms. The molecule has 1 amide bonds. The molecule has 31 heavy (non-hydrogen) atoms. The number of thiocarbonyl (C=S) groups is 1. The maximum absolute atomic E-state index is 12.7. The van der Waals surface area contributed by atoms with Gasteiger partial charge in [-0.25, -0.2) is 8.42 Å². The van der Waals surface area contributed by atoms with E-state index in [1.54, 1.807) is 36.4 Å². The Labute approximate surface area is 187 Å². The number of hydrogen-bond donors (Lipinski definition) is 2. The fourth-order valence-electron chi connectivity index (χ4n) is 2.94. The number of ether oxygens (including phenoxy) is 2. The first kappa shape index (κ1) is 23.1. The number of carbonyl (C=O) groups excluding carboxylic acids is 1. The second kappa shape index (κ2) is 10.2. The quantitative estimate of drug-likeness (QED) is 0.636. The molecule has 0 unspecified atom stereocenters. The van der Waals surface area contributed by atoms with Gasteiger partial charge in [0.2, 0.25) is 10.0 Å². The number of benzene rings is 2. The van der Waals surface area contributed by atoms with Crippen LogP contribution in [0.5, 0.6) is 5.75 Å². The molecule has 2 aromatic carbocycles. The first-order chi connectivity index (χ1) is 14.8. The summed E-state index contributed by atoms with van der Waals surface area (Å²) in [6.07, 6.45) is 0.0479. The molecular weight excluding hydrogens is 438 g/mol. The first-order valence-electron chi connectivity index (χ1n) is 9.83. The Hall–Kier alpha value is -2.53. The molecule has 8 nitrogen and oxygen atoms in total. The van der Waals surface area contributed by atoms with Gasteiger partial charge in [0.15, 0.2) is 5.11 Å². The highest BCUT2D eigenvalue weighted by Gasteiger charge is 2.26. The number of rotatable bonds is 6. The van der Waals surface area contributed by atoms with Gasteiger partial charge in [-0.2, -0.15) is 4.31 Å². The van der Waals surface area contributed by atoms with Crippen molar-refractivity contribution in [2.45, 2.75) is 24.8 Å². The smallest absolute Gasteiger partial charge is 0.257 e. The van der Waals surface area contributed by atoms with Gasteiger partial charge in [0.25, 0.3) is 5.91 Å². The second-order valence-electron chi connectivity index (χ2n) is 7.14. The maximum Gasteiger partial charge on any atom is 0.257 e. The van der Waals surface area contributed by atoms with E-state index < -0.39 is 10.0 Å². The molecule has 1 aliphatic heterocycles. The lowest BCUT2D eigenvalue weighted by Gasteiger charge is -2.26. The van der Waals surface area contributed by atoms with Gasteiger partial charge in [-0.05, 0) is 74.6 Å². The van der Waals surface area contributed by atoms with Crippen molar-refractivity contribution in [3.63, 3.8) is 0 Å². The normalized spacial score (nSPS) is 14.8. The number of sulfonamides is 1.